The second kappa shape index (κ2) is 5.84. The fourth-order valence-corrected chi connectivity index (χ4v) is 2.61. The first-order valence-electron chi connectivity index (χ1n) is 6.04. The van der Waals surface area contributed by atoms with E-state index < -0.39 is 4.92 Å². The number of carbonyl (C=O) groups excluding carboxylic acids is 2. The normalized spacial score (nSPS) is 10.2. The minimum atomic E-state index is -0.473. The molecular weight excluding hydrogens is 292 g/mol. The monoisotopic (exact) mass is 304 g/mol. The molecule has 7 heteroatoms. The lowest BCUT2D eigenvalue weighted by molar-refractivity contribution is -0.385. The molecule has 0 bridgehead atoms. The lowest BCUT2D eigenvalue weighted by Crippen LogP contribution is -2.10. The Hall–Kier alpha value is -2.54. The Labute approximate surface area is 124 Å². The molecule has 1 aromatic carbocycles. The second-order valence-corrected chi connectivity index (χ2v) is 5.38. The summed E-state index contributed by atoms with van der Waals surface area (Å²) in [7, 11) is 0. The fraction of sp³-hybridized carbons (Fsp3) is 0.143. The molecule has 2 rings (SSSR count). The molecule has 0 spiro atoms. The third-order valence-corrected chi connectivity index (χ3v) is 3.81. The predicted molar refractivity (Wildman–Crippen MR) is 80.1 cm³/mol. The van der Waals surface area contributed by atoms with Gasteiger partial charge in [0.05, 0.1) is 9.80 Å². The maximum atomic E-state index is 12.0. The van der Waals surface area contributed by atoms with Gasteiger partial charge in [-0.25, -0.2) is 0 Å². The number of amides is 1. The Kier molecular flexibility index (Phi) is 4.13. The average molecular weight is 304 g/mol. The highest BCUT2D eigenvalue weighted by atomic mass is 32.1. The van der Waals surface area contributed by atoms with Crippen molar-refractivity contribution in [1.29, 1.82) is 0 Å². The van der Waals surface area contributed by atoms with Gasteiger partial charge in [-0.2, -0.15) is 0 Å². The number of nitro groups is 1. The molecule has 0 aliphatic rings. The summed E-state index contributed by atoms with van der Waals surface area (Å²) in [6, 6.07) is 5.89. The smallest absolute Gasteiger partial charge is 0.272 e. The van der Waals surface area contributed by atoms with E-state index in [-0.39, 0.29) is 17.4 Å². The largest absolute Gasteiger partial charge is 0.321 e. The molecule has 0 saturated carbocycles. The molecule has 0 unspecified atom stereocenters. The van der Waals surface area contributed by atoms with Crippen LogP contribution in [0.15, 0.2) is 29.6 Å². The number of carbonyl (C=O) groups is 2. The topological polar surface area (TPSA) is 89.3 Å². The number of hydrogen-bond acceptors (Lipinski definition) is 5. The van der Waals surface area contributed by atoms with Gasteiger partial charge in [-0.05, 0) is 32.0 Å². The number of benzene rings is 1. The number of anilines is 1. The number of hydrogen-bond donors (Lipinski definition) is 1. The zero-order valence-electron chi connectivity index (χ0n) is 11.4. The molecule has 1 heterocycles. The molecule has 0 atom stereocenters. The van der Waals surface area contributed by atoms with Gasteiger partial charge in [0.15, 0.2) is 5.78 Å². The second-order valence-electron chi connectivity index (χ2n) is 4.47. The van der Waals surface area contributed by atoms with Crippen molar-refractivity contribution in [1.82, 2.24) is 0 Å². The Morgan fingerprint density at radius 1 is 1.29 bits per heavy atom. The van der Waals surface area contributed by atoms with Crippen molar-refractivity contribution in [2.45, 2.75) is 13.8 Å². The van der Waals surface area contributed by atoms with Crippen molar-refractivity contribution in [3.05, 3.63) is 55.8 Å². The van der Waals surface area contributed by atoms with Crippen molar-refractivity contribution in [2.75, 3.05) is 5.32 Å². The lowest BCUT2D eigenvalue weighted by Gasteiger charge is -2.05. The van der Waals surface area contributed by atoms with Gasteiger partial charge in [-0.15, -0.1) is 11.3 Å². The first-order valence-corrected chi connectivity index (χ1v) is 6.92. The van der Waals surface area contributed by atoms with Crippen LogP contribution < -0.4 is 5.32 Å². The van der Waals surface area contributed by atoms with E-state index in [0.717, 1.165) is 0 Å². The van der Waals surface area contributed by atoms with E-state index in [0.29, 0.717) is 21.7 Å². The number of rotatable bonds is 4. The molecule has 2 aromatic rings. The first kappa shape index (κ1) is 14.9. The quantitative estimate of drug-likeness (QED) is 0.532. The highest BCUT2D eigenvalue weighted by Crippen LogP contribution is 2.23. The number of thiophene rings is 1. The van der Waals surface area contributed by atoms with Crippen LogP contribution in [0, 0.1) is 17.0 Å². The van der Waals surface area contributed by atoms with E-state index in [4.69, 9.17) is 0 Å². The lowest BCUT2D eigenvalue weighted by atomic mass is 10.2. The maximum Gasteiger partial charge on any atom is 0.272 e. The van der Waals surface area contributed by atoms with Crippen LogP contribution in [0.1, 0.15) is 32.5 Å². The fourth-order valence-electron chi connectivity index (χ4n) is 1.77. The molecule has 21 heavy (non-hydrogen) atoms. The van der Waals surface area contributed by atoms with E-state index >= 15 is 0 Å². The summed E-state index contributed by atoms with van der Waals surface area (Å²) in [6.07, 6.45) is 0. The van der Waals surface area contributed by atoms with Gasteiger partial charge in [-0.3, -0.25) is 19.7 Å². The zero-order chi connectivity index (χ0) is 15.6. The first-order chi connectivity index (χ1) is 9.88. The van der Waals surface area contributed by atoms with Crippen LogP contribution >= 0.6 is 11.3 Å². The standard InChI is InChI=1S/C14H12N2O4S/c1-8-5-11(3-4-12(8)16(19)20)15-14(18)13-6-10(7-21-13)9(2)17/h3-7H,1-2H3,(H,15,18). The van der Waals surface area contributed by atoms with Gasteiger partial charge >= 0.3 is 0 Å². The molecule has 0 fully saturated rings. The Morgan fingerprint density at radius 2 is 2.00 bits per heavy atom. The van der Waals surface area contributed by atoms with E-state index in [2.05, 4.69) is 5.32 Å². The Morgan fingerprint density at radius 3 is 2.52 bits per heavy atom. The Balaban J connectivity index is 2.17. The molecule has 1 N–H and O–H groups in total. The predicted octanol–water partition coefficient (Wildman–Crippen LogP) is 3.42. The molecule has 6 nitrogen and oxygen atoms in total. The molecule has 108 valence electrons. The molecule has 1 aromatic heterocycles. The van der Waals surface area contributed by atoms with E-state index in [9.17, 15) is 19.7 Å². The minimum absolute atomic E-state index is 0.00277. The molecule has 0 radical (unpaired) electrons. The molecule has 0 aliphatic heterocycles. The Bertz CT molecular complexity index is 736. The highest BCUT2D eigenvalue weighted by Gasteiger charge is 2.14. The molecule has 0 aliphatic carbocycles. The van der Waals surface area contributed by atoms with Crippen molar-refractivity contribution in [3.63, 3.8) is 0 Å². The van der Waals surface area contributed by atoms with Crippen LogP contribution in [0.4, 0.5) is 11.4 Å². The number of nitro benzene ring substituents is 1. The molecular formula is C14H12N2O4S. The number of Topliss-reactive ketones (excluding diaryl/α,β-unsaturated/α-hetero) is 1. The van der Waals surface area contributed by atoms with Crippen molar-refractivity contribution in [2.24, 2.45) is 0 Å². The van der Waals surface area contributed by atoms with Gasteiger partial charge in [0.1, 0.15) is 0 Å². The highest BCUT2D eigenvalue weighted by molar-refractivity contribution is 7.12. The van der Waals surface area contributed by atoms with Gasteiger partial charge in [0.25, 0.3) is 11.6 Å². The van der Waals surface area contributed by atoms with Gasteiger partial charge in [0.2, 0.25) is 0 Å². The van der Waals surface area contributed by atoms with Crippen LogP contribution in [0.25, 0.3) is 0 Å². The summed E-state index contributed by atoms with van der Waals surface area (Å²) in [6.45, 7) is 3.04. The average Bonchev–Trinajstić information content (AvgIpc) is 2.88. The maximum absolute atomic E-state index is 12.0. The van der Waals surface area contributed by atoms with Gasteiger partial charge < -0.3 is 5.32 Å². The third kappa shape index (κ3) is 3.32. The summed E-state index contributed by atoms with van der Waals surface area (Å²) < 4.78 is 0. The van der Waals surface area contributed by atoms with E-state index in [1.165, 1.54) is 42.5 Å². The molecule has 0 saturated heterocycles. The number of nitrogens with one attached hydrogen (secondary N) is 1. The van der Waals surface area contributed by atoms with E-state index in [1.54, 1.807) is 12.3 Å². The van der Waals surface area contributed by atoms with Gasteiger partial charge in [-0.1, -0.05) is 0 Å². The van der Waals surface area contributed by atoms with Crippen LogP contribution in [0.3, 0.4) is 0 Å². The summed E-state index contributed by atoms with van der Waals surface area (Å²) in [5.41, 5.74) is 1.43. The summed E-state index contributed by atoms with van der Waals surface area (Å²) in [5.74, 6) is -0.447. The zero-order valence-corrected chi connectivity index (χ0v) is 12.2. The van der Waals surface area contributed by atoms with Crippen molar-refractivity contribution < 1.29 is 14.5 Å². The van der Waals surface area contributed by atoms with Gasteiger partial charge in [0, 0.05) is 28.3 Å². The van der Waals surface area contributed by atoms with Crippen LogP contribution in [-0.2, 0) is 0 Å². The van der Waals surface area contributed by atoms with Crippen molar-refractivity contribution >= 4 is 34.4 Å². The number of aryl methyl sites for hydroxylation is 1. The van der Waals surface area contributed by atoms with Crippen molar-refractivity contribution in [3.8, 4) is 0 Å². The summed E-state index contributed by atoms with van der Waals surface area (Å²) in [5, 5.41) is 15.0. The molecule has 1 amide bonds. The SMILES string of the molecule is CC(=O)c1csc(C(=O)Nc2ccc([N+](=O)[O-])c(C)c2)c1. The summed E-state index contributed by atoms with van der Waals surface area (Å²) >= 11 is 1.18. The van der Waals surface area contributed by atoms with Crippen LogP contribution in [-0.4, -0.2) is 16.6 Å². The minimum Gasteiger partial charge on any atom is -0.321 e. The van der Waals surface area contributed by atoms with Crippen LogP contribution in [0.2, 0.25) is 0 Å². The van der Waals surface area contributed by atoms with E-state index in [1.807, 2.05) is 0 Å². The number of nitrogens with zero attached hydrogens (tertiary/aromatic N) is 1. The third-order valence-electron chi connectivity index (χ3n) is 2.88. The summed E-state index contributed by atoms with van der Waals surface area (Å²) in [4.78, 5) is 33.9. The van der Waals surface area contributed by atoms with Crippen LogP contribution in [0.5, 0.6) is 0 Å². The number of ketones is 1.